The summed E-state index contributed by atoms with van der Waals surface area (Å²) in [5.74, 6) is 1.15. The predicted octanol–water partition coefficient (Wildman–Crippen LogP) is 1.41. The van der Waals surface area contributed by atoms with Gasteiger partial charge in [-0.05, 0) is 35.2 Å². The molecule has 7 heteroatoms. The lowest BCUT2D eigenvalue weighted by Crippen LogP contribution is -2.44. The van der Waals surface area contributed by atoms with Crippen LogP contribution in [0.25, 0.3) is 0 Å². The first-order chi connectivity index (χ1) is 8.16. The molecular formula is C10H12BrN5O. The summed E-state index contributed by atoms with van der Waals surface area (Å²) in [5, 5.41) is 8.08. The number of hydrogen-bond donors (Lipinski definition) is 1. The van der Waals surface area contributed by atoms with E-state index in [4.69, 9.17) is 10.3 Å². The molecule has 1 fully saturated rings. The average molecular weight is 298 g/mol. The van der Waals surface area contributed by atoms with Gasteiger partial charge in [-0.3, -0.25) is 4.68 Å². The highest BCUT2D eigenvalue weighted by Crippen LogP contribution is 2.36. The van der Waals surface area contributed by atoms with Crippen molar-refractivity contribution in [2.75, 3.05) is 0 Å². The molecule has 1 saturated carbocycles. The molecule has 0 spiro atoms. The Labute approximate surface area is 106 Å². The zero-order chi connectivity index (χ0) is 11.9. The van der Waals surface area contributed by atoms with Crippen molar-refractivity contribution >= 4 is 15.9 Å². The molecule has 17 heavy (non-hydrogen) atoms. The molecule has 0 bridgehead atoms. The smallest absolute Gasteiger partial charge is 0.248 e. The second-order valence-electron chi connectivity index (χ2n) is 4.38. The quantitative estimate of drug-likeness (QED) is 0.926. The summed E-state index contributed by atoms with van der Waals surface area (Å²) in [6.45, 7) is 0.467. The van der Waals surface area contributed by atoms with Gasteiger partial charge in [0.2, 0.25) is 5.89 Å². The molecule has 0 aromatic carbocycles. The van der Waals surface area contributed by atoms with Gasteiger partial charge < -0.3 is 10.3 Å². The second kappa shape index (κ2) is 3.92. The first-order valence-corrected chi connectivity index (χ1v) is 6.25. The molecule has 6 nitrogen and oxygen atoms in total. The average Bonchev–Trinajstić information content (AvgIpc) is 2.85. The molecule has 90 valence electrons. The van der Waals surface area contributed by atoms with E-state index in [-0.39, 0.29) is 5.54 Å². The lowest BCUT2D eigenvalue weighted by Gasteiger charge is -2.34. The van der Waals surface area contributed by atoms with Gasteiger partial charge in [0.1, 0.15) is 6.54 Å². The van der Waals surface area contributed by atoms with Gasteiger partial charge in [0, 0.05) is 6.20 Å². The van der Waals surface area contributed by atoms with E-state index < -0.39 is 0 Å². The van der Waals surface area contributed by atoms with E-state index in [0.29, 0.717) is 18.3 Å². The van der Waals surface area contributed by atoms with Crippen LogP contribution in [-0.2, 0) is 12.1 Å². The van der Waals surface area contributed by atoms with Gasteiger partial charge in [-0.15, -0.1) is 0 Å². The first kappa shape index (κ1) is 10.9. The summed E-state index contributed by atoms with van der Waals surface area (Å²) in [6.07, 6.45) is 6.56. The highest BCUT2D eigenvalue weighted by Gasteiger charge is 2.38. The lowest BCUT2D eigenvalue weighted by molar-refractivity contribution is 0.228. The first-order valence-electron chi connectivity index (χ1n) is 5.46. The molecule has 1 aliphatic rings. The molecule has 0 aliphatic heterocycles. The summed E-state index contributed by atoms with van der Waals surface area (Å²) < 4.78 is 7.83. The van der Waals surface area contributed by atoms with Crippen molar-refractivity contribution in [3.05, 3.63) is 28.6 Å². The van der Waals surface area contributed by atoms with Gasteiger partial charge in [-0.25, -0.2) is 0 Å². The van der Waals surface area contributed by atoms with Gasteiger partial charge in [0.05, 0.1) is 16.2 Å². The topological polar surface area (TPSA) is 82.8 Å². The number of rotatable bonds is 3. The van der Waals surface area contributed by atoms with Crippen molar-refractivity contribution in [1.29, 1.82) is 0 Å². The molecular weight excluding hydrogens is 286 g/mol. The maximum absolute atomic E-state index is 6.12. The Morgan fingerprint density at radius 1 is 1.53 bits per heavy atom. The Hall–Kier alpha value is -1.21. The Balaban J connectivity index is 1.76. The van der Waals surface area contributed by atoms with E-state index in [1.165, 1.54) is 0 Å². The molecule has 2 aromatic heterocycles. The van der Waals surface area contributed by atoms with Crippen LogP contribution in [0.3, 0.4) is 0 Å². The van der Waals surface area contributed by atoms with Gasteiger partial charge in [-0.2, -0.15) is 10.1 Å². The van der Waals surface area contributed by atoms with E-state index in [9.17, 15) is 0 Å². The van der Waals surface area contributed by atoms with Crippen LogP contribution in [-0.4, -0.2) is 19.9 Å². The van der Waals surface area contributed by atoms with Crippen molar-refractivity contribution in [2.45, 2.75) is 31.3 Å². The molecule has 2 aromatic rings. The third kappa shape index (κ3) is 2.00. The molecule has 0 amide bonds. The lowest BCUT2D eigenvalue weighted by atomic mass is 9.77. The molecule has 1 aliphatic carbocycles. The van der Waals surface area contributed by atoms with Crippen molar-refractivity contribution in [3.8, 4) is 0 Å². The van der Waals surface area contributed by atoms with Crippen LogP contribution in [0.2, 0.25) is 0 Å². The standard InChI is InChI=1S/C10H12BrN5O/c11-7-4-13-16(5-7)6-8-14-9(15-17-8)10(12)2-1-3-10/h4-5H,1-3,6,12H2. The second-order valence-corrected chi connectivity index (χ2v) is 5.29. The van der Waals surface area contributed by atoms with Crippen LogP contribution in [0.4, 0.5) is 0 Å². The van der Waals surface area contributed by atoms with Gasteiger partial charge in [0.25, 0.3) is 0 Å². The van der Waals surface area contributed by atoms with E-state index >= 15 is 0 Å². The number of hydrogen-bond acceptors (Lipinski definition) is 5. The zero-order valence-corrected chi connectivity index (χ0v) is 10.7. The molecule has 2 N–H and O–H groups in total. The third-order valence-electron chi connectivity index (χ3n) is 3.06. The SMILES string of the molecule is NC1(c2noc(Cn3cc(Br)cn3)n2)CCC1. The number of nitrogens with two attached hydrogens (primary N) is 1. The van der Waals surface area contributed by atoms with Crippen molar-refractivity contribution in [3.63, 3.8) is 0 Å². The maximum Gasteiger partial charge on any atom is 0.248 e. The van der Waals surface area contributed by atoms with Crippen LogP contribution >= 0.6 is 15.9 Å². The molecule has 0 unspecified atom stereocenters. The monoisotopic (exact) mass is 297 g/mol. The highest BCUT2D eigenvalue weighted by atomic mass is 79.9. The summed E-state index contributed by atoms with van der Waals surface area (Å²) in [4.78, 5) is 4.33. The van der Waals surface area contributed by atoms with Crippen LogP contribution < -0.4 is 5.73 Å². The van der Waals surface area contributed by atoms with Crippen LogP contribution in [0.5, 0.6) is 0 Å². The van der Waals surface area contributed by atoms with E-state index in [2.05, 4.69) is 31.2 Å². The summed E-state index contributed by atoms with van der Waals surface area (Å²) in [5.41, 5.74) is 5.75. The fourth-order valence-corrected chi connectivity index (χ4v) is 2.19. The molecule has 0 radical (unpaired) electrons. The number of nitrogens with zero attached hydrogens (tertiary/aromatic N) is 4. The van der Waals surface area contributed by atoms with Gasteiger partial charge in [-0.1, -0.05) is 5.16 Å². The minimum absolute atomic E-state index is 0.369. The Morgan fingerprint density at radius 3 is 2.94 bits per heavy atom. The van der Waals surface area contributed by atoms with Crippen LogP contribution in [0.15, 0.2) is 21.4 Å². The highest BCUT2D eigenvalue weighted by molar-refractivity contribution is 9.10. The maximum atomic E-state index is 6.12. The zero-order valence-electron chi connectivity index (χ0n) is 9.14. The van der Waals surface area contributed by atoms with Crippen molar-refractivity contribution in [1.82, 2.24) is 19.9 Å². The summed E-state index contributed by atoms with van der Waals surface area (Å²) in [7, 11) is 0. The summed E-state index contributed by atoms with van der Waals surface area (Å²) >= 11 is 3.33. The minimum Gasteiger partial charge on any atom is -0.337 e. The number of halogens is 1. The Bertz CT molecular complexity index is 530. The van der Waals surface area contributed by atoms with E-state index in [1.807, 2.05) is 6.20 Å². The van der Waals surface area contributed by atoms with Crippen molar-refractivity contribution in [2.24, 2.45) is 5.73 Å². The number of aromatic nitrogens is 4. The predicted molar refractivity (Wildman–Crippen MR) is 63.0 cm³/mol. The summed E-state index contributed by atoms with van der Waals surface area (Å²) in [6, 6.07) is 0. The Kier molecular flexibility index (Phi) is 2.52. The molecule has 0 atom stereocenters. The molecule has 2 heterocycles. The van der Waals surface area contributed by atoms with E-state index in [1.54, 1.807) is 10.9 Å². The van der Waals surface area contributed by atoms with Crippen molar-refractivity contribution < 1.29 is 4.52 Å². The molecule has 3 rings (SSSR count). The minimum atomic E-state index is -0.369. The third-order valence-corrected chi connectivity index (χ3v) is 3.47. The normalized spacial score (nSPS) is 18.0. The molecule has 0 saturated heterocycles. The fourth-order valence-electron chi connectivity index (χ4n) is 1.87. The van der Waals surface area contributed by atoms with Gasteiger partial charge in [0.15, 0.2) is 5.82 Å². The van der Waals surface area contributed by atoms with Crippen LogP contribution in [0, 0.1) is 0 Å². The fraction of sp³-hybridized carbons (Fsp3) is 0.500. The Morgan fingerprint density at radius 2 is 2.35 bits per heavy atom. The van der Waals surface area contributed by atoms with Crippen LogP contribution in [0.1, 0.15) is 31.0 Å². The van der Waals surface area contributed by atoms with E-state index in [0.717, 1.165) is 23.7 Å². The van der Waals surface area contributed by atoms with Gasteiger partial charge >= 0.3 is 0 Å². The largest absolute Gasteiger partial charge is 0.337 e.